The maximum absolute atomic E-state index is 13.9. The quantitative estimate of drug-likeness (QED) is 0.216. The minimum absolute atomic E-state index is 0.241. The van der Waals surface area contributed by atoms with Gasteiger partial charge in [-0.15, -0.1) is 0 Å². The van der Waals surface area contributed by atoms with Crippen LogP contribution >= 0.6 is 0 Å². The van der Waals surface area contributed by atoms with Crippen molar-refractivity contribution in [2.75, 3.05) is 13.1 Å². The lowest BCUT2D eigenvalue weighted by Crippen LogP contribution is -2.38. The Morgan fingerprint density at radius 1 is 0.925 bits per heavy atom. The standard InChI is InChI=1S/C29H24F5N5O/c30-20-5-3-4-18(14-20)26-21-9-8-19(15-24(21)38(36-26)16-25(31)32)28(40)37-12-10-17(11-13-37)27-35-22-6-1-2-7-23(22)39(27)29(33)34/h1-9,14-15,17,25,29H,10-13,16H2. The SMILES string of the molecule is O=C(c1ccc2c(-c3cccc(F)c3)nn(CC(F)F)c2c1)N1CCC(c2nc3ccccc3n2C(F)F)CC1. The number of nitrogens with zero attached hydrogens (tertiary/aromatic N) is 5. The highest BCUT2D eigenvalue weighted by molar-refractivity contribution is 6.01. The third-order valence-corrected chi connectivity index (χ3v) is 7.37. The van der Waals surface area contributed by atoms with E-state index in [0.717, 1.165) is 9.25 Å². The van der Waals surface area contributed by atoms with Gasteiger partial charge in [-0.05, 0) is 55.3 Å². The van der Waals surface area contributed by atoms with Gasteiger partial charge in [0.25, 0.3) is 12.3 Å². The van der Waals surface area contributed by atoms with Gasteiger partial charge in [0.05, 0.1) is 16.6 Å². The molecular formula is C29H24F5N5O. The number of amides is 1. The molecule has 1 fully saturated rings. The number of piperidine rings is 1. The number of likely N-dealkylation sites (tertiary alicyclic amines) is 1. The summed E-state index contributed by atoms with van der Waals surface area (Å²) in [5.74, 6) is -0.701. The molecule has 0 unspecified atom stereocenters. The van der Waals surface area contributed by atoms with Gasteiger partial charge in [0.2, 0.25) is 0 Å². The van der Waals surface area contributed by atoms with Crippen LogP contribution in [0.25, 0.3) is 33.2 Å². The molecule has 6 nitrogen and oxygen atoms in total. The maximum atomic E-state index is 13.9. The molecule has 206 valence electrons. The fraction of sp³-hybridized carbons (Fsp3) is 0.276. The van der Waals surface area contributed by atoms with Crippen LogP contribution in [0.2, 0.25) is 0 Å². The van der Waals surface area contributed by atoms with Gasteiger partial charge in [0.15, 0.2) is 0 Å². The molecule has 1 aliphatic heterocycles. The molecule has 0 radical (unpaired) electrons. The van der Waals surface area contributed by atoms with E-state index in [1.165, 1.54) is 24.3 Å². The smallest absolute Gasteiger partial charge is 0.320 e. The fourth-order valence-corrected chi connectivity index (χ4v) is 5.51. The van der Waals surface area contributed by atoms with E-state index >= 15 is 0 Å². The van der Waals surface area contributed by atoms with Crippen molar-refractivity contribution >= 4 is 27.8 Å². The molecule has 1 aliphatic rings. The van der Waals surface area contributed by atoms with Crippen LogP contribution in [-0.2, 0) is 6.54 Å². The van der Waals surface area contributed by atoms with Crippen molar-refractivity contribution < 1.29 is 26.7 Å². The lowest BCUT2D eigenvalue weighted by atomic mass is 9.95. The van der Waals surface area contributed by atoms with Gasteiger partial charge in [-0.25, -0.2) is 18.2 Å². The summed E-state index contributed by atoms with van der Waals surface area (Å²) >= 11 is 0. The zero-order valence-corrected chi connectivity index (χ0v) is 21.2. The van der Waals surface area contributed by atoms with Crippen LogP contribution in [0.5, 0.6) is 0 Å². The number of carbonyl (C=O) groups is 1. The summed E-state index contributed by atoms with van der Waals surface area (Å²) in [4.78, 5) is 19.5. The first-order valence-corrected chi connectivity index (χ1v) is 12.9. The number of imidazole rings is 1. The molecule has 1 saturated heterocycles. The second kappa shape index (κ2) is 10.4. The van der Waals surface area contributed by atoms with Gasteiger partial charge in [-0.2, -0.15) is 13.9 Å². The van der Waals surface area contributed by atoms with Crippen molar-refractivity contribution in [3.05, 3.63) is 83.9 Å². The summed E-state index contributed by atoms with van der Waals surface area (Å²) < 4.78 is 70.5. The summed E-state index contributed by atoms with van der Waals surface area (Å²) in [6.45, 7) is -2.75. The predicted molar refractivity (Wildman–Crippen MR) is 140 cm³/mol. The molecule has 3 aromatic carbocycles. The Labute approximate surface area is 225 Å². The molecule has 0 atom stereocenters. The topological polar surface area (TPSA) is 56.0 Å². The zero-order valence-electron chi connectivity index (χ0n) is 21.2. The summed E-state index contributed by atoms with van der Waals surface area (Å²) in [6.07, 6.45) is -1.77. The summed E-state index contributed by atoms with van der Waals surface area (Å²) in [5.41, 5.74) is 2.30. The number of aromatic nitrogens is 4. The van der Waals surface area contributed by atoms with Crippen LogP contribution in [0.4, 0.5) is 22.0 Å². The minimum atomic E-state index is -2.73. The number of hydrogen-bond acceptors (Lipinski definition) is 3. The monoisotopic (exact) mass is 553 g/mol. The first kappa shape index (κ1) is 26.0. The van der Waals surface area contributed by atoms with E-state index in [9.17, 15) is 26.7 Å². The first-order chi connectivity index (χ1) is 19.3. The Balaban J connectivity index is 1.26. The number of rotatable bonds is 6. The molecule has 3 heterocycles. The molecule has 0 aliphatic carbocycles. The zero-order chi connectivity index (χ0) is 28.0. The highest BCUT2D eigenvalue weighted by atomic mass is 19.3. The lowest BCUT2D eigenvalue weighted by molar-refractivity contribution is 0.0634. The Bertz CT molecular complexity index is 1700. The van der Waals surface area contributed by atoms with Crippen LogP contribution in [-0.4, -0.2) is 49.7 Å². The van der Waals surface area contributed by atoms with Crippen LogP contribution in [0.15, 0.2) is 66.7 Å². The van der Waals surface area contributed by atoms with Crippen molar-refractivity contribution in [1.29, 1.82) is 0 Å². The number of para-hydroxylation sites is 2. The molecule has 0 N–H and O–H groups in total. The second-order valence-corrected chi connectivity index (χ2v) is 9.84. The van der Waals surface area contributed by atoms with Crippen LogP contribution in [0.1, 0.15) is 41.5 Å². The van der Waals surface area contributed by atoms with E-state index in [2.05, 4.69) is 10.1 Å². The predicted octanol–water partition coefficient (Wildman–Crippen LogP) is 6.87. The first-order valence-electron chi connectivity index (χ1n) is 12.9. The van der Waals surface area contributed by atoms with Crippen LogP contribution in [0, 0.1) is 5.82 Å². The van der Waals surface area contributed by atoms with Crippen molar-refractivity contribution in [2.24, 2.45) is 0 Å². The van der Waals surface area contributed by atoms with Crippen molar-refractivity contribution in [3.8, 4) is 11.3 Å². The Hall–Kier alpha value is -4.28. The number of benzene rings is 3. The summed E-state index contributed by atoms with van der Waals surface area (Å²) in [7, 11) is 0. The van der Waals surface area contributed by atoms with E-state index in [4.69, 9.17) is 0 Å². The lowest BCUT2D eigenvalue weighted by Gasteiger charge is -2.32. The van der Waals surface area contributed by atoms with Crippen molar-refractivity contribution in [1.82, 2.24) is 24.2 Å². The summed E-state index contributed by atoms with van der Waals surface area (Å²) in [6, 6.07) is 17.2. The Kier molecular flexibility index (Phi) is 6.73. The molecular weight excluding hydrogens is 529 g/mol. The van der Waals surface area contributed by atoms with Gasteiger partial charge in [0.1, 0.15) is 23.9 Å². The van der Waals surface area contributed by atoms with Gasteiger partial charge >= 0.3 is 6.55 Å². The molecule has 0 bridgehead atoms. The van der Waals surface area contributed by atoms with Gasteiger partial charge in [-0.1, -0.05) is 24.3 Å². The van der Waals surface area contributed by atoms with E-state index in [0.29, 0.717) is 70.5 Å². The van der Waals surface area contributed by atoms with E-state index in [1.807, 2.05) is 0 Å². The van der Waals surface area contributed by atoms with Gasteiger partial charge < -0.3 is 4.90 Å². The molecule has 0 saturated carbocycles. The average Bonchev–Trinajstić information content (AvgIpc) is 3.51. The number of carbonyl (C=O) groups excluding carboxylic acids is 1. The third-order valence-electron chi connectivity index (χ3n) is 7.37. The minimum Gasteiger partial charge on any atom is -0.339 e. The van der Waals surface area contributed by atoms with E-state index in [1.54, 1.807) is 47.4 Å². The molecule has 6 rings (SSSR count). The molecule has 1 amide bonds. The number of alkyl halides is 4. The molecule has 11 heteroatoms. The number of halogens is 5. The highest BCUT2D eigenvalue weighted by Gasteiger charge is 2.30. The highest BCUT2D eigenvalue weighted by Crippen LogP contribution is 2.34. The van der Waals surface area contributed by atoms with E-state index < -0.39 is 25.3 Å². The maximum Gasteiger partial charge on any atom is 0.320 e. The number of hydrogen-bond donors (Lipinski definition) is 0. The number of fused-ring (bicyclic) bond motifs is 2. The van der Waals surface area contributed by atoms with Crippen molar-refractivity contribution in [3.63, 3.8) is 0 Å². The summed E-state index contributed by atoms with van der Waals surface area (Å²) in [5, 5.41) is 4.83. The molecule has 2 aromatic heterocycles. The third kappa shape index (κ3) is 4.69. The van der Waals surface area contributed by atoms with E-state index in [-0.39, 0.29) is 11.8 Å². The van der Waals surface area contributed by atoms with Gasteiger partial charge in [-0.3, -0.25) is 14.0 Å². The van der Waals surface area contributed by atoms with Crippen LogP contribution in [0.3, 0.4) is 0 Å². The van der Waals surface area contributed by atoms with Gasteiger partial charge in [0, 0.05) is 35.5 Å². The fourth-order valence-electron chi connectivity index (χ4n) is 5.51. The molecule has 5 aromatic rings. The average molecular weight is 554 g/mol. The van der Waals surface area contributed by atoms with Crippen LogP contribution < -0.4 is 0 Å². The largest absolute Gasteiger partial charge is 0.339 e. The Morgan fingerprint density at radius 2 is 1.70 bits per heavy atom. The Morgan fingerprint density at radius 3 is 2.42 bits per heavy atom. The van der Waals surface area contributed by atoms with Crippen molar-refractivity contribution in [2.45, 2.75) is 38.3 Å². The molecule has 0 spiro atoms. The normalized spacial score (nSPS) is 14.7. The molecule has 40 heavy (non-hydrogen) atoms. The second-order valence-electron chi connectivity index (χ2n) is 9.84.